The minimum absolute atomic E-state index is 0.574. The SMILES string of the molecule is CCOc1cccc(CN=C(N)N2CCOCC2)c1. The van der Waals surface area contributed by atoms with Crippen LogP contribution < -0.4 is 10.5 Å². The van der Waals surface area contributed by atoms with Gasteiger partial charge in [-0.05, 0) is 24.6 Å². The highest BCUT2D eigenvalue weighted by Crippen LogP contribution is 2.14. The van der Waals surface area contributed by atoms with Gasteiger partial charge in [-0.2, -0.15) is 0 Å². The number of nitrogens with two attached hydrogens (primary N) is 1. The Balaban J connectivity index is 1.94. The van der Waals surface area contributed by atoms with Crippen LogP contribution in [0.25, 0.3) is 0 Å². The molecule has 5 nitrogen and oxygen atoms in total. The van der Waals surface area contributed by atoms with Crippen LogP contribution in [0, 0.1) is 0 Å². The lowest BCUT2D eigenvalue weighted by Gasteiger charge is -2.27. The van der Waals surface area contributed by atoms with Crippen LogP contribution in [0.4, 0.5) is 0 Å². The molecule has 0 atom stereocenters. The zero-order valence-electron chi connectivity index (χ0n) is 11.3. The first kappa shape index (κ1) is 13.7. The van der Waals surface area contributed by atoms with E-state index in [0.717, 1.165) is 37.6 Å². The molecule has 5 heteroatoms. The van der Waals surface area contributed by atoms with Gasteiger partial charge in [-0.3, -0.25) is 0 Å². The quantitative estimate of drug-likeness (QED) is 0.655. The van der Waals surface area contributed by atoms with Crippen molar-refractivity contribution >= 4 is 5.96 Å². The van der Waals surface area contributed by atoms with Gasteiger partial charge < -0.3 is 20.1 Å². The van der Waals surface area contributed by atoms with Crippen LogP contribution in [0.1, 0.15) is 12.5 Å². The number of aliphatic imine (C=N–C) groups is 1. The van der Waals surface area contributed by atoms with Crippen molar-refractivity contribution in [3.63, 3.8) is 0 Å². The molecule has 0 spiro atoms. The molecule has 0 unspecified atom stereocenters. The Morgan fingerprint density at radius 3 is 2.95 bits per heavy atom. The van der Waals surface area contributed by atoms with E-state index >= 15 is 0 Å². The monoisotopic (exact) mass is 263 g/mol. The molecule has 1 aliphatic heterocycles. The van der Waals surface area contributed by atoms with Crippen molar-refractivity contribution in [1.29, 1.82) is 0 Å². The average Bonchev–Trinajstić information content (AvgIpc) is 2.46. The maximum absolute atomic E-state index is 5.98. The Morgan fingerprint density at radius 1 is 1.42 bits per heavy atom. The van der Waals surface area contributed by atoms with Gasteiger partial charge in [0.05, 0.1) is 26.4 Å². The second-order valence-electron chi connectivity index (χ2n) is 4.35. The van der Waals surface area contributed by atoms with Crippen molar-refractivity contribution in [2.24, 2.45) is 10.7 Å². The van der Waals surface area contributed by atoms with Crippen LogP contribution in [0.15, 0.2) is 29.3 Å². The third-order valence-electron chi connectivity index (χ3n) is 2.97. The molecule has 0 amide bonds. The number of rotatable bonds is 4. The number of hydrogen-bond acceptors (Lipinski definition) is 3. The van der Waals surface area contributed by atoms with Crippen molar-refractivity contribution in [3.05, 3.63) is 29.8 Å². The lowest BCUT2D eigenvalue weighted by Crippen LogP contribution is -2.44. The fraction of sp³-hybridized carbons (Fsp3) is 0.500. The van der Waals surface area contributed by atoms with E-state index in [-0.39, 0.29) is 0 Å². The summed E-state index contributed by atoms with van der Waals surface area (Å²) in [6.45, 7) is 6.28. The Bertz CT molecular complexity index is 428. The van der Waals surface area contributed by atoms with Crippen LogP contribution in [-0.4, -0.2) is 43.8 Å². The highest BCUT2D eigenvalue weighted by Gasteiger charge is 2.11. The van der Waals surface area contributed by atoms with Gasteiger partial charge in [0, 0.05) is 13.1 Å². The summed E-state index contributed by atoms with van der Waals surface area (Å²) in [6.07, 6.45) is 0. The lowest BCUT2D eigenvalue weighted by molar-refractivity contribution is 0.0674. The van der Waals surface area contributed by atoms with Gasteiger partial charge in [0.25, 0.3) is 0 Å². The third kappa shape index (κ3) is 4.13. The van der Waals surface area contributed by atoms with Gasteiger partial charge in [-0.1, -0.05) is 12.1 Å². The Kier molecular flexibility index (Phi) is 5.03. The van der Waals surface area contributed by atoms with E-state index in [0.29, 0.717) is 19.1 Å². The fourth-order valence-electron chi connectivity index (χ4n) is 1.97. The molecule has 0 saturated carbocycles. The molecule has 0 aromatic heterocycles. The summed E-state index contributed by atoms with van der Waals surface area (Å²) >= 11 is 0. The number of morpholine rings is 1. The van der Waals surface area contributed by atoms with E-state index in [2.05, 4.69) is 9.89 Å². The summed E-state index contributed by atoms with van der Waals surface area (Å²) in [4.78, 5) is 6.48. The van der Waals surface area contributed by atoms with E-state index in [1.165, 1.54) is 0 Å². The molecule has 0 radical (unpaired) electrons. The van der Waals surface area contributed by atoms with Crippen LogP contribution in [0.2, 0.25) is 0 Å². The molecule has 1 aromatic rings. The first-order chi connectivity index (χ1) is 9.29. The van der Waals surface area contributed by atoms with Gasteiger partial charge in [-0.25, -0.2) is 4.99 Å². The average molecular weight is 263 g/mol. The van der Waals surface area contributed by atoms with Crippen molar-refractivity contribution in [1.82, 2.24) is 4.90 Å². The molecule has 1 heterocycles. The molecule has 0 bridgehead atoms. The highest BCUT2D eigenvalue weighted by atomic mass is 16.5. The van der Waals surface area contributed by atoms with Crippen LogP contribution in [-0.2, 0) is 11.3 Å². The maximum Gasteiger partial charge on any atom is 0.191 e. The van der Waals surface area contributed by atoms with Gasteiger partial charge >= 0.3 is 0 Å². The minimum atomic E-state index is 0.574. The van der Waals surface area contributed by atoms with Crippen molar-refractivity contribution in [2.45, 2.75) is 13.5 Å². The van der Waals surface area contributed by atoms with Crippen LogP contribution in [0.5, 0.6) is 5.75 Å². The van der Waals surface area contributed by atoms with Gasteiger partial charge in [0.15, 0.2) is 5.96 Å². The largest absolute Gasteiger partial charge is 0.494 e. The second kappa shape index (κ2) is 6.99. The van der Waals surface area contributed by atoms with E-state index in [9.17, 15) is 0 Å². The normalized spacial score (nSPS) is 16.5. The molecule has 1 aliphatic rings. The summed E-state index contributed by atoms with van der Waals surface area (Å²) in [5.74, 6) is 1.46. The van der Waals surface area contributed by atoms with Gasteiger partial charge in [-0.15, -0.1) is 0 Å². The van der Waals surface area contributed by atoms with E-state index < -0.39 is 0 Å². The van der Waals surface area contributed by atoms with Crippen LogP contribution >= 0.6 is 0 Å². The standard InChI is InChI=1S/C14H21N3O2/c1-2-19-13-5-3-4-12(10-13)11-16-14(15)17-6-8-18-9-7-17/h3-5,10H,2,6-9,11H2,1H3,(H2,15,16). The summed E-state index contributed by atoms with van der Waals surface area (Å²) in [7, 11) is 0. The van der Waals surface area contributed by atoms with E-state index in [1.807, 2.05) is 31.2 Å². The van der Waals surface area contributed by atoms with Gasteiger partial charge in [0.1, 0.15) is 5.75 Å². The molecule has 1 saturated heterocycles. The Labute approximate surface area is 114 Å². The predicted molar refractivity (Wildman–Crippen MR) is 75.3 cm³/mol. The van der Waals surface area contributed by atoms with Gasteiger partial charge in [0.2, 0.25) is 0 Å². The smallest absolute Gasteiger partial charge is 0.191 e. The second-order valence-corrected chi connectivity index (χ2v) is 4.35. The zero-order chi connectivity index (χ0) is 13.5. The first-order valence-electron chi connectivity index (χ1n) is 6.64. The Hall–Kier alpha value is -1.75. The summed E-state index contributed by atoms with van der Waals surface area (Å²) < 4.78 is 10.7. The summed E-state index contributed by atoms with van der Waals surface area (Å²) in [5.41, 5.74) is 7.08. The summed E-state index contributed by atoms with van der Waals surface area (Å²) in [5, 5.41) is 0. The van der Waals surface area contributed by atoms with Crippen LogP contribution in [0.3, 0.4) is 0 Å². The first-order valence-corrected chi connectivity index (χ1v) is 6.64. The third-order valence-corrected chi connectivity index (χ3v) is 2.97. The maximum atomic E-state index is 5.98. The molecule has 1 aromatic carbocycles. The van der Waals surface area contributed by atoms with Crippen molar-refractivity contribution < 1.29 is 9.47 Å². The van der Waals surface area contributed by atoms with E-state index in [4.69, 9.17) is 15.2 Å². The number of guanidine groups is 1. The topological polar surface area (TPSA) is 60.1 Å². The molecule has 1 fully saturated rings. The molecule has 2 N–H and O–H groups in total. The van der Waals surface area contributed by atoms with Crippen molar-refractivity contribution in [3.8, 4) is 5.75 Å². The molecule has 0 aliphatic carbocycles. The molecular formula is C14H21N3O2. The molecule has 2 rings (SSSR count). The van der Waals surface area contributed by atoms with Crippen molar-refractivity contribution in [2.75, 3.05) is 32.9 Å². The van der Waals surface area contributed by atoms with E-state index in [1.54, 1.807) is 0 Å². The highest BCUT2D eigenvalue weighted by molar-refractivity contribution is 5.78. The lowest BCUT2D eigenvalue weighted by atomic mass is 10.2. The number of nitrogens with zero attached hydrogens (tertiary/aromatic N) is 2. The fourth-order valence-corrected chi connectivity index (χ4v) is 1.97. The predicted octanol–water partition coefficient (Wildman–Crippen LogP) is 1.23. The minimum Gasteiger partial charge on any atom is -0.494 e. The Morgan fingerprint density at radius 2 is 2.21 bits per heavy atom. The summed E-state index contributed by atoms with van der Waals surface area (Å²) in [6, 6.07) is 7.95. The number of benzene rings is 1. The molecular weight excluding hydrogens is 242 g/mol. The zero-order valence-corrected chi connectivity index (χ0v) is 11.3. The number of hydrogen-bond donors (Lipinski definition) is 1. The molecule has 19 heavy (non-hydrogen) atoms. The number of ether oxygens (including phenoxy) is 2. The molecule has 104 valence electrons.